The molecule has 0 unspecified atom stereocenters. The third-order valence-electron chi connectivity index (χ3n) is 4.04. The van der Waals surface area contributed by atoms with Gasteiger partial charge in [0, 0.05) is 10.6 Å². The Hall–Kier alpha value is -3.51. The summed E-state index contributed by atoms with van der Waals surface area (Å²) in [5.41, 5.74) is 4.12. The number of ether oxygens (including phenoxy) is 2. The summed E-state index contributed by atoms with van der Waals surface area (Å²) in [6.07, 6.45) is 1.34. The van der Waals surface area contributed by atoms with E-state index in [4.69, 9.17) is 21.1 Å². The van der Waals surface area contributed by atoms with E-state index in [9.17, 15) is 9.90 Å². The molecule has 0 heterocycles. The van der Waals surface area contributed by atoms with Crippen LogP contribution in [0.3, 0.4) is 0 Å². The van der Waals surface area contributed by atoms with Crippen molar-refractivity contribution in [2.24, 2.45) is 5.10 Å². The third-order valence-corrected chi connectivity index (χ3v) is 4.30. The summed E-state index contributed by atoms with van der Waals surface area (Å²) in [6, 6.07) is 18.9. The Labute approximate surface area is 173 Å². The molecule has 0 saturated heterocycles. The topological polar surface area (TPSA) is 80.2 Å². The summed E-state index contributed by atoms with van der Waals surface area (Å²) in [5, 5.41) is 14.4. The van der Waals surface area contributed by atoms with E-state index in [1.807, 2.05) is 12.1 Å². The fourth-order valence-corrected chi connectivity index (χ4v) is 2.63. The molecular weight excluding hydrogens is 392 g/mol. The maximum Gasteiger partial charge on any atom is 0.275 e. The van der Waals surface area contributed by atoms with Gasteiger partial charge in [-0.3, -0.25) is 4.79 Å². The summed E-state index contributed by atoms with van der Waals surface area (Å²) in [5.74, 6) is 0.585. The fourth-order valence-electron chi connectivity index (χ4n) is 2.51. The number of hydrazone groups is 1. The zero-order chi connectivity index (χ0) is 20.6. The van der Waals surface area contributed by atoms with Gasteiger partial charge < -0.3 is 14.6 Å². The van der Waals surface area contributed by atoms with Crippen molar-refractivity contribution in [3.05, 3.63) is 88.4 Å². The van der Waals surface area contributed by atoms with Crippen LogP contribution in [-0.4, -0.2) is 24.3 Å². The van der Waals surface area contributed by atoms with Gasteiger partial charge in [0.25, 0.3) is 5.91 Å². The SMILES string of the molecule is COc1ccc(O)c(/C=N/NC(=O)c2ccccc2OCc2ccc(Cl)cc2)c1. The number of phenolic OH excluding ortho intramolecular Hbond substituents is 1. The second kappa shape index (κ2) is 9.61. The van der Waals surface area contributed by atoms with Crippen LogP contribution in [0.15, 0.2) is 71.8 Å². The molecule has 1 amide bonds. The number of nitrogens with one attached hydrogen (secondary N) is 1. The molecule has 3 rings (SSSR count). The summed E-state index contributed by atoms with van der Waals surface area (Å²) >= 11 is 5.89. The molecule has 148 valence electrons. The Kier molecular flexibility index (Phi) is 6.71. The van der Waals surface area contributed by atoms with E-state index in [2.05, 4.69) is 10.5 Å². The Bertz CT molecular complexity index is 1020. The summed E-state index contributed by atoms with van der Waals surface area (Å²) in [4.78, 5) is 12.5. The lowest BCUT2D eigenvalue weighted by atomic mass is 10.2. The predicted octanol–water partition coefficient (Wildman–Crippen LogP) is 4.40. The molecule has 29 heavy (non-hydrogen) atoms. The number of para-hydroxylation sites is 1. The second-order valence-corrected chi connectivity index (χ2v) is 6.47. The van der Waals surface area contributed by atoms with Gasteiger partial charge in [0.2, 0.25) is 0 Å². The molecule has 0 aliphatic rings. The van der Waals surface area contributed by atoms with Crippen LogP contribution in [0, 0.1) is 0 Å². The number of rotatable bonds is 7. The number of hydrogen-bond donors (Lipinski definition) is 2. The van der Waals surface area contributed by atoms with E-state index in [-0.39, 0.29) is 5.75 Å². The molecule has 7 heteroatoms. The lowest BCUT2D eigenvalue weighted by Crippen LogP contribution is -2.18. The minimum Gasteiger partial charge on any atom is -0.507 e. The molecular formula is C22H19ClN2O4. The van der Waals surface area contributed by atoms with Gasteiger partial charge in [-0.25, -0.2) is 5.43 Å². The van der Waals surface area contributed by atoms with Crippen molar-refractivity contribution in [3.8, 4) is 17.2 Å². The highest BCUT2D eigenvalue weighted by Crippen LogP contribution is 2.22. The number of methoxy groups -OCH3 is 1. The van der Waals surface area contributed by atoms with Crippen LogP contribution in [0.5, 0.6) is 17.2 Å². The Morgan fingerprint density at radius 1 is 1.14 bits per heavy atom. The van der Waals surface area contributed by atoms with Gasteiger partial charge in [0.15, 0.2) is 0 Å². The number of benzene rings is 3. The number of carbonyl (C=O) groups is 1. The average molecular weight is 411 g/mol. The van der Waals surface area contributed by atoms with Crippen LogP contribution in [0.4, 0.5) is 0 Å². The Morgan fingerprint density at radius 2 is 1.90 bits per heavy atom. The van der Waals surface area contributed by atoms with Crippen LogP contribution in [0.2, 0.25) is 5.02 Å². The monoisotopic (exact) mass is 410 g/mol. The molecule has 3 aromatic rings. The van der Waals surface area contributed by atoms with Gasteiger partial charge in [-0.1, -0.05) is 35.9 Å². The highest BCUT2D eigenvalue weighted by atomic mass is 35.5. The largest absolute Gasteiger partial charge is 0.507 e. The quantitative estimate of drug-likeness (QED) is 0.447. The first-order valence-electron chi connectivity index (χ1n) is 8.73. The smallest absolute Gasteiger partial charge is 0.275 e. The molecule has 0 spiro atoms. The van der Waals surface area contributed by atoms with Crippen LogP contribution in [0.25, 0.3) is 0 Å². The van der Waals surface area contributed by atoms with Crippen LogP contribution < -0.4 is 14.9 Å². The van der Waals surface area contributed by atoms with Crippen molar-refractivity contribution in [2.45, 2.75) is 6.61 Å². The number of halogens is 1. The average Bonchev–Trinajstić information content (AvgIpc) is 2.75. The molecule has 0 saturated carbocycles. The normalized spacial score (nSPS) is 10.7. The number of amides is 1. The Balaban J connectivity index is 1.67. The molecule has 0 atom stereocenters. The van der Waals surface area contributed by atoms with Crippen LogP contribution in [0.1, 0.15) is 21.5 Å². The predicted molar refractivity (Wildman–Crippen MR) is 112 cm³/mol. The van der Waals surface area contributed by atoms with Crippen molar-refractivity contribution in [1.29, 1.82) is 0 Å². The van der Waals surface area contributed by atoms with Gasteiger partial charge >= 0.3 is 0 Å². The van der Waals surface area contributed by atoms with E-state index in [1.54, 1.807) is 48.5 Å². The van der Waals surface area contributed by atoms with Crippen molar-refractivity contribution >= 4 is 23.7 Å². The summed E-state index contributed by atoms with van der Waals surface area (Å²) < 4.78 is 10.9. The molecule has 0 fully saturated rings. The third kappa shape index (κ3) is 5.49. The fraction of sp³-hybridized carbons (Fsp3) is 0.0909. The zero-order valence-electron chi connectivity index (χ0n) is 15.6. The van der Waals surface area contributed by atoms with Gasteiger partial charge in [0.05, 0.1) is 18.9 Å². The number of carbonyl (C=O) groups excluding carboxylic acids is 1. The van der Waals surface area contributed by atoms with Crippen molar-refractivity contribution in [2.75, 3.05) is 7.11 Å². The molecule has 0 bridgehead atoms. The molecule has 2 N–H and O–H groups in total. The molecule has 6 nitrogen and oxygen atoms in total. The highest BCUT2D eigenvalue weighted by molar-refractivity contribution is 6.30. The summed E-state index contributed by atoms with van der Waals surface area (Å²) in [7, 11) is 1.52. The van der Waals surface area contributed by atoms with Crippen molar-refractivity contribution < 1.29 is 19.4 Å². The first-order valence-corrected chi connectivity index (χ1v) is 9.11. The van der Waals surface area contributed by atoms with E-state index >= 15 is 0 Å². The maximum atomic E-state index is 12.5. The van der Waals surface area contributed by atoms with Gasteiger partial charge in [-0.15, -0.1) is 0 Å². The van der Waals surface area contributed by atoms with Gasteiger partial charge in [-0.2, -0.15) is 5.10 Å². The van der Waals surface area contributed by atoms with E-state index < -0.39 is 5.91 Å². The molecule has 0 aliphatic carbocycles. The van der Waals surface area contributed by atoms with Crippen molar-refractivity contribution in [1.82, 2.24) is 5.43 Å². The number of phenols is 1. The first-order chi connectivity index (χ1) is 14.1. The van der Waals surface area contributed by atoms with Gasteiger partial charge in [0.1, 0.15) is 23.9 Å². The van der Waals surface area contributed by atoms with Gasteiger partial charge in [-0.05, 0) is 48.0 Å². The molecule has 0 radical (unpaired) electrons. The molecule has 0 aliphatic heterocycles. The van der Waals surface area contributed by atoms with E-state index in [0.29, 0.717) is 34.3 Å². The minimum absolute atomic E-state index is 0.0236. The minimum atomic E-state index is -0.435. The Morgan fingerprint density at radius 3 is 2.66 bits per heavy atom. The second-order valence-electron chi connectivity index (χ2n) is 6.04. The lowest BCUT2D eigenvalue weighted by Gasteiger charge is -2.10. The number of aromatic hydroxyl groups is 1. The number of hydrogen-bond acceptors (Lipinski definition) is 5. The highest BCUT2D eigenvalue weighted by Gasteiger charge is 2.12. The summed E-state index contributed by atoms with van der Waals surface area (Å²) in [6.45, 7) is 0.294. The van der Waals surface area contributed by atoms with E-state index in [0.717, 1.165) is 5.56 Å². The molecule has 0 aromatic heterocycles. The first kappa shape index (κ1) is 20.2. The zero-order valence-corrected chi connectivity index (χ0v) is 16.4. The molecule has 3 aromatic carbocycles. The van der Waals surface area contributed by atoms with Crippen LogP contribution in [-0.2, 0) is 6.61 Å². The maximum absolute atomic E-state index is 12.5. The number of nitrogens with zero attached hydrogens (tertiary/aromatic N) is 1. The van der Waals surface area contributed by atoms with Crippen molar-refractivity contribution in [3.63, 3.8) is 0 Å². The lowest BCUT2D eigenvalue weighted by molar-refractivity contribution is 0.0950. The van der Waals surface area contributed by atoms with Crippen LogP contribution >= 0.6 is 11.6 Å². The van der Waals surface area contributed by atoms with E-state index in [1.165, 1.54) is 19.4 Å². The standard InChI is InChI=1S/C22H19ClN2O4/c1-28-18-10-11-20(26)16(12-18)13-24-25-22(27)19-4-2-3-5-21(19)29-14-15-6-8-17(23)9-7-15/h2-13,26H,14H2,1H3,(H,25,27)/b24-13+.